The third kappa shape index (κ3) is 3.10. The lowest BCUT2D eigenvalue weighted by molar-refractivity contribution is 0.0934. The Bertz CT molecular complexity index is 350. The number of carbonyl (C=O) groups excluding carboxylic acids is 1. The molecule has 2 rings (SSSR count). The molecule has 1 unspecified atom stereocenters. The van der Waals surface area contributed by atoms with Crippen molar-refractivity contribution in [1.29, 1.82) is 0 Å². The molecule has 2 N–H and O–H groups in total. The molecule has 1 saturated heterocycles. The van der Waals surface area contributed by atoms with Crippen molar-refractivity contribution in [2.75, 3.05) is 25.6 Å². The van der Waals surface area contributed by atoms with E-state index in [1.54, 1.807) is 0 Å². The largest absolute Gasteiger partial charge is 0.380 e. The highest BCUT2D eigenvalue weighted by Gasteiger charge is 2.19. The Hall–Kier alpha value is -0.780. The maximum absolute atomic E-state index is 11.7. The van der Waals surface area contributed by atoms with Gasteiger partial charge in [-0.25, -0.2) is 0 Å². The topological polar surface area (TPSA) is 50.4 Å². The molecule has 6 heteroatoms. The van der Waals surface area contributed by atoms with Crippen molar-refractivity contribution in [1.82, 2.24) is 5.32 Å². The third-order valence-electron chi connectivity index (χ3n) is 2.34. The van der Waals surface area contributed by atoms with Crippen molar-refractivity contribution in [2.24, 2.45) is 0 Å². The highest BCUT2D eigenvalue weighted by molar-refractivity contribution is 7.17. The summed E-state index contributed by atoms with van der Waals surface area (Å²) in [4.78, 5) is 12.5. The number of halogens is 1. The number of carbonyl (C=O) groups is 1. The van der Waals surface area contributed by atoms with E-state index in [-0.39, 0.29) is 24.4 Å². The fraction of sp³-hybridized carbons (Fsp3) is 0.500. The summed E-state index contributed by atoms with van der Waals surface area (Å²) < 4.78 is 5.20. The minimum absolute atomic E-state index is 0. The molecule has 1 aliphatic heterocycles. The molecule has 90 valence electrons. The molecular weight excluding hydrogens is 248 g/mol. The molecule has 1 aliphatic rings. The van der Waals surface area contributed by atoms with Crippen molar-refractivity contribution in [3.63, 3.8) is 0 Å². The van der Waals surface area contributed by atoms with Crippen LogP contribution in [0.15, 0.2) is 12.1 Å². The van der Waals surface area contributed by atoms with Crippen LogP contribution in [0.5, 0.6) is 0 Å². The van der Waals surface area contributed by atoms with Gasteiger partial charge in [0.2, 0.25) is 0 Å². The molecule has 1 aromatic heterocycles. The van der Waals surface area contributed by atoms with Crippen LogP contribution in [0.25, 0.3) is 0 Å². The molecular formula is C10H15ClN2O2S. The highest BCUT2D eigenvalue weighted by atomic mass is 35.5. The number of nitrogens with one attached hydrogen (secondary N) is 2. The molecule has 1 fully saturated rings. The van der Waals surface area contributed by atoms with Crippen LogP contribution in [0.2, 0.25) is 0 Å². The fourth-order valence-corrected chi connectivity index (χ4v) is 2.26. The molecule has 0 saturated carbocycles. The summed E-state index contributed by atoms with van der Waals surface area (Å²) in [6.45, 7) is 1.38. The first-order valence-electron chi connectivity index (χ1n) is 4.96. The normalized spacial score (nSPS) is 18.9. The van der Waals surface area contributed by atoms with Gasteiger partial charge in [-0.1, -0.05) is 0 Å². The molecule has 0 radical (unpaired) electrons. The van der Waals surface area contributed by atoms with Crippen LogP contribution < -0.4 is 10.6 Å². The number of thiophene rings is 1. The van der Waals surface area contributed by atoms with Gasteiger partial charge < -0.3 is 15.4 Å². The van der Waals surface area contributed by atoms with Crippen LogP contribution in [0.3, 0.4) is 0 Å². The van der Waals surface area contributed by atoms with Gasteiger partial charge in [0.1, 0.15) is 0 Å². The second-order valence-electron chi connectivity index (χ2n) is 3.45. The van der Waals surface area contributed by atoms with Crippen LogP contribution in [0.4, 0.5) is 5.00 Å². The van der Waals surface area contributed by atoms with E-state index in [0.717, 1.165) is 22.9 Å². The van der Waals surface area contributed by atoms with E-state index >= 15 is 0 Å². The van der Waals surface area contributed by atoms with Gasteiger partial charge in [0.15, 0.2) is 0 Å². The maximum atomic E-state index is 11.7. The standard InChI is InChI=1S/C10H14N2O2S.ClH/c1-11-9-3-2-8(15-9)10(13)12-7-4-5-14-6-7;/h2-3,7,11H,4-6H2,1H3,(H,12,13);1H. The predicted molar refractivity (Wildman–Crippen MR) is 67.8 cm³/mol. The van der Waals surface area contributed by atoms with E-state index in [4.69, 9.17) is 4.74 Å². The van der Waals surface area contributed by atoms with Gasteiger partial charge in [0.05, 0.1) is 22.5 Å². The summed E-state index contributed by atoms with van der Waals surface area (Å²) in [5.41, 5.74) is 0. The Balaban J connectivity index is 0.00000128. The van der Waals surface area contributed by atoms with Gasteiger partial charge in [-0.3, -0.25) is 4.79 Å². The smallest absolute Gasteiger partial charge is 0.261 e. The molecule has 0 aliphatic carbocycles. The third-order valence-corrected chi connectivity index (χ3v) is 3.44. The zero-order valence-corrected chi connectivity index (χ0v) is 10.6. The SMILES string of the molecule is CNc1ccc(C(=O)NC2CCOC2)s1.Cl. The minimum atomic E-state index is -0.00278. The van der Waals surface area contributed by atoms with Gasteiger partial charge >= 0.3 is 0 Å². The lowest BCUT2D eigenvalue weighted by atomic mass is 10.2. The summed E-state index contributed by atoms with van der Waals surface area (Å²) >= 11 is 1.46. The Morgan fingerprint density at radius 3 is 2.94 bits per heavy atom. The number of amides is 1. The molecule has 0 aromatic carbocycles. The first-order valence-corrected chi connectivity index (χ1v) is 5.77. The van der Waals surface area contributed by atoms with Gasteiger partial charge in [-0.15, -0.1) is 23.7 Å². The number of rotatable bonds is 3. The first kappa shape index (κ1) is 13.3. The second-order valence-corrected chi connectivity index (χ2v) is 4.53. The number of anilines is 1. The molecule has 4 nitrogen and oxygen atoms in total. The number of hydrogen-bond acceptors (Lipinski definition) is 4. The predicted octanol–water partition coefficient (Wildman–Crippen LogP) is 1.73. The zero-order valence-electron chi connectivity index (χ0n) is 8.99. The van der Waals surface area contributed by atoms with E-state index in [0.29, 0.717) is 6.61 Å². The Morgan fingerprint density at radius 1 is 1.56 bits per heavy atom. The molecule has 1 aromatic rings. The summed E-state index contributed by atoms with van der Waals surface area (Å²) in [5.74, 6) is -0.00278. The van der Waals surface area contributed by atoms with Gasteiger partial charge in [0.25, 0.3) is 5.91 Å². The zero-order chi connectivity index (χ0) is 10.7. The van der Waals surface area contributed by atoms with E-state index in [1.165, 1.54) is 11.3 Å². The Morgan fingerprint density at radius 2 is 2.38 bits per heavy atom. The molecule has 2 heterocycles. The molecule has 1 amide bonds. The quantitative estimate of drug-likeness (QED) is 0.872. The molecule has 0 bridgehead atoms. The van der Waals surface area contributed by atoms with Crippen LogP contribution in [0.1, 0.15) is 16.1 Å². The second kappa shape index (κ2) is 6.08. The van der Waals surface area contributed by atoms with Crippen LogP contribution >= 0.6 is 23.7 Å². The summed E-state index contributed by atoms with van der Waals surface area (Å²) in [7, 11) is 1.85. The fourth-order valence-electron chi connectivity index (χ4n) is 1.50. The van der Waals surface area contributed by atoms with Gasteiger partial charge in [0, 0.05) is 13.7 Å². The summed E-state index contributed by atoms with van der Waals surface area (Å²) in [5, 5.41) is 6.96. The van der Waals surface area contributed by atoms with E-state index < -0.39 is 0 Å². The number of ether oxygens (including phenoxy) is 1. The molecule has 1 atom stereocenters. The van der Waals surface area contributed by atoms with E-state index in [2.05, 4.69) is 10.6 Å². The minimum Gasteiger partial charge on any atom is -0.380 e. The van der Waals surface area contributed by atoms with Crippen LogP contribution in [0, 0.1) is 0 Å². The first-order chi connectivity index (χ1) is 7.29. The Labute approximate surface area is 105 Å². The van der Waals surface area contributed by atoms with E-state index in [1.807, 2.05) is 19.2 Å². The van der Waals surface area contributed by atoms with Crippen molar-refractivity contribution in [3.8, 4) is 0 Å². The van der Waals surface area contributed by atoms with E-state index in [9.17, 15) is 4.79 Å². The van der Waals surface area contributed by atoms with Crippen molar-refractivity contribution >= 4 is 34.7 Å². The van der Waals surface area contributed by atoms with Crippen molar-refractivity contribution < 1.29 is 9.53 Å². The van der Waals surface area contributed by atoms with Gasteiger partial charge in [-0.05, 0) is 18.6 Å². The maximum Gasteiger partial charge on any atom is 0.261 e. The average molecular weight is 263 g/mol. The lowest BCUT2D eigenvalue weighted by Gasteiger charge is -2.08. The molecule has 0 spiro atoms. The van der Waals surface area contributed by atoms with Crippen molar-refractivity contribution in [2.45, 2.75) is 12.5 Å². The highest BCUT2D eigenvalue weighted by Crippen LogP contribution is 2.21. The van der Waals surface area contributed by atoms with Crippen LogP contribution in [-0.4, -0.2) is 32.2 Å². The van der Waals surface area contributed by atoms with Crippen molar-refractivity contribution in [3.05, 3.63) is 17.0 Å². The average Bonchev–Trinajstić information content (AvgIpc) is 2.86. The summed E-state index contributed by atoms with van der Waals surface area (Å²) in [6.07, 6.45) is 0.913. The molecule has 16 heavy (non-hydrogen) atoms. The van der Waals surface area contributed by atoms with Crippen LogP contribution in [-0.2, 0) is 4.74 Å². The Kier molecular flexibility index (Phi) is 5.05. The summed E-state index contributed by atoms with van der Waals surface area (Å²) in [6, 6.07) is 3.92. The monoisotopic (exact) mass is 262 g/mol. The van der Waals surface area contributed by atoms with Gasteiger partial charge in [-0.2, -0.15) is 0 Å². The lowest BCUT2D eigenvalue weighted by Crippen LogP contribution is -2.34. The number of hydrogen-bond donors (Lipinski definition) is 2.